The van der Waals surface area contributed by atoms with Crippen LogP contribution in [0.3, 0.4) is 0 Å². The summed E-state index contributed by atoms with van der Waals surface area (Å²) in [5.41, 5.74) is 1.30. The van der Waals surface area contributed by atoms with Crippen molar-refractivity contribution in [3.8, 4) is 0 Å². The van der Waals surface area contributed by atoms with Gasteiger partial charge in [0, 0.05) is 19.5 Å². The highest BCUT2D eigenvalue weighted by molar-refractivity contribution is 7.92. The Kier molecular flexibility index (Phi) is 6.22. The third-order valence-electron chi connectivity index (χ3n) is 4.22. The highest BCUT2D eigenvalue weighted by atomic mass is 32.2. The zero-order chi connectivity index (χ0) is 16.9. The maximum atomic E-state index is 12.1. The molecule has 0 aromatic heterocycles. The number of carbonyl (C=O) groups excluding carboxylic acids is 1. The molecule has 23 heavy (non-hydrogen) atoms. The fourth-order valence-corrected chi connectivity index (χ4v) is 4.89. The molecule has 4 nitrogen and oxygen atoms in total. The molecule has 0 radical (unpaired) electrons. The largest absolute Gasteiger partial charge is 0.340 e. The molecule has 0 unspecified atom stereocenters. The minimum atomic E-state index is -3.04. The molecule has 0 atom stereocenters. The predicted molar refractivity (Wildman–Crippen MR) is 93.0 cm³/mol. The predicted octanol–water partition coefficient (Wildman–Crippen LogP) is 2.68. The first-order chi connectivity index (χ1) is 10.9. The number of nitrogens with zero attached hydrogens (tertiary/aromatic N) is 1. The zero-order valence-corrected chi connectivity index (χ0v) is 14.9. The molecule has 0 aliphatic carbocycles. The van der Waals surface area contributed by atoms with Gasteiger partial charge >= 0.3 is 0 Å². The van der Waals surface area contributed by atoms with Gasteiger partial charge in [-0.25, -0.2) is 8.42 Å². The molecule has 0 N–H and O–H groups in total. The number of likely N-dealkylation sites (tertiary alicyclic amines) is 1. The van der Waals surface area contributed by atoms with Gasteiger partial charge in [0.15, 0.2) is 9.84 Å². The maximum absolute atomic E-state index is 12.1. The smallest absolute Gasteiger partial charge is 0.222 e. The summed E-state index contributed by atoms with van der Waals surface area (Å²) in [6.45, 7) is 4.58. The van der Waals surface area contributed by atoms with Crippen molar-refractivity contribution < 1.29 is 13.2 Å². The van der Waals surface area contributed by atoms with E-state index in [-0.39, 0.29) is 22.8 Å². The van der Waals surface area contributed by atoms with Crippen molar-refractivity contribution in [1.29, 1.82) is 0 Å². The van der Waals surface area contributed by atoms with Gasteiger partial charge in [-0.1, -0.05) is 44.2 Å². The number of rotatable bonds is 8. The first-order valence-corrected chi connectivity index (χ1v) is 10.1. The van der Waals surface area contributed by atoms with Gasteiger partial charge in [0.1, 0.15) is 0 Å². The second-order valence-electron chi connectivity index (χ2n) is 6.84. The van der Waals surface area contributed by atoms with E-state index in [9.17, 15) is 13.2 Å². The molecular formula is C18H27NO3S. The van der Waals surface area contributed by atoms with Gasteiger partial charge in [0.05, 0.1) is 11.0 Å². The van der Waals surface area contributed by atoms with E-state index in [2.05, 4.69) is 12.1 Å². The Morgan fingerprint density at radius 3 is 2.43 bits per heavy atom. The Morgan fingerprint density at radius 1 is 1.17 bits per heavy atom. The third kappa shape index (κ3) is 5.34. The second kappa shape index (κ2) is 7.95. The summed E-state index contributed by atoms with van der Waals surface area (Å²) >= 11 is 0. The fraction of sp³-hybridized carbons (Fsp3) is 0.611. The van der Waals surface area contributed by atoms with E-state index in [1.165, 1.54) is 5.56 Å². The summed E-state index contributed by atoms with van der Waals surface area (Å²) in [6, 6.07) is 10.3. The summed E-state index contributed by atoms with van der Waals surface area (Å²) in [7, 11) is -3.04. The van der Waals surface area contributed by atoms with Crippen LogP contribution in [0.1, 0.15) is 38.7 Å². The molecule has 5 heteroatoms. The molecule has 1 heterocycles. The quantitative estimate of drug-likeness (QED) is 0.685. The van der Waals surface area contributed by atoms with E-state index >= 15 is 0 Å². The van der Waals surface area contributed by atoms with Crippen molar-refractivity contribution in [1.82, 2.24) is 4.90 Å². The van der Waals surface area contributed by atoms with Crippen molar-refractivity contribution in [2.24, 2.45) is 5.92 Å². The average molecular weight is 337 g/mol. The van der Waals surface area contributed by atoms with Crippen LogP contribution in [0.4, 0.5) is 0 Å². The van der Waals surface area contributed by atoms with Gasteiger partial charge in [-0.3, -0.25) is 4.79 Å². The lowest BCUT2D eigenvalue weighted by Gasteiger charge is -2.39. The lowest BCUT2D eigenvalue weighted by atomic mass is 10.1. The molecule has 1 amide bonds. The van der Waals surface area contributed by atoms with Crippen molar-refractivity contribution >= 4 is 15.7 Å². The fourth-order valence-electron chi connectivity index (χ4n) is 2.88. The molecule has 1 aliphatic heterocycles. The van der Waals surface area contributed by atoms with Crippen LogP contribution < -0.4 is 0 Å². The number of hydrogen-bond acceptors (Lipinski definition) is 3. The molecule has 1 fully saturated rings. The lowest BCUT2D eigenvalue weighted by molar-refractivity contribution is -0.134. The summed E-state index contributed by atoms with van der Waals surface area (Å²) in [4.78, 5) is 13.7. The van der Waals surface area contributed by atoms with E-state index in [4.69, 9.17) is 0 Å². The zero-order valence-electron chi connectivity index (χ0n) is 14.1. The monoisotopic (exact) mass is 337 g/mol. The molecule has 0 saturated carbocycles. The number of hydrogen-bond donors (Lipinski definition) is 0. The molecule has 0 bridgehead atoms. The first-order valence-electron chi connectivity index (χ1n) is 8.42. The molecule has 2 rings (SSSR count). The van der Waals surface area contributed by atoms with Crippen LogP contribution in [0.25, 0.3) is 0 Å². The van der Waals surface area contributed by atoms with E-state index in [0.717, 1.165) is 19.3 Å². The van der Waals surface area contributed by atoms with E-state index < -0.39 is 9.84 Å². The molecule has 1 aromatic rings. The average Bonchev–Trinajstić information content (AvgIpc) is 2.41. The molecule has 1 saturated heterocycles. The van der Waals surface area contributed by atoms with Crippen molar-refractivity contribution in [2.75, 3.05) is 18.8 Å². The minimum Gasteiger partial charge on any atom is -0.340 e. The van der Waals surface area contributed by atoms with Crippen LogP contribution in [0, 0.1) is 5.92 Å². The van der Waals surface area contributed by atoms with Crippen molar-refractivity contribution in [2.45, 2.75) is 44.8 Å². The number of carbonyl (C=O) groups is 1. The van der Waals surface area contributed by atoms with Crippen LogP contribution in [0.5, 0.6) is 0 Å². The summed E-state index contributed by atoms with van der Waals surface area (Å²) < 4.78 is 24.1. The number of amides is 1. The molecule has 0 spiro atoms. The van der Waals surface area contributed by atoms with E-state index in [1.54, 1.807) is 4.90 Å². The van der Waals surface area contributed by atoms with Crippen LogP contribution in [0.2, 0.25) is 0 Å². The highest BCUT2D eigenvalue weighted by Crippen LogP contribution is 2.20. The first kappa shape index (κ1) is 18.0. The third-order valence-corrected chi connectivity index (χ3v) is 6.67. The van der Waals surface area contributed by atoms with Crippen LogP contribution >= 0.6 is 0 Å². The van der Waals surface area contributed by atoms with Crippen LogP contribution in [0.15, 0.2) is 30.3 Å². The van der Waals surface area contributed by atoms with Crippen LogP contribution in [-0.2, 0) is 21.1 Å². The molecule has 1 aromatic carbocycles. The van der Waals surface area contributed by atoms with Gasteiger partial charge in [0.25, 0.3) is 0 Å². The van der Waals surface area contributed by atoms with E-state index in [0.29, 0.717) is 19.5 Å². The lowest BCUT2D eigenvalue weighted by Crippen LogP contribution is -2.57. The van der Waals surface area contributed by atoms with Gasteiger partial charge in [-0.05, 0) is 30.7 Å². The Bertz CT molecular complexity index is 604. The highest BCUT2D eigenvalue weighted by Gasteiger charge is 2.39. The Morgan fingerprint density at radius 2 is 1.83 bits per heavy atom. The molecule has 1 aliphatic rings. The number of unbranched alkanes of at least 4 members (excludes halogenated alkanes) is 1. The van der Waals surface area contributed by atoms with Gasteiger partial charge in [-0.15, -0.1) is 0 Å². The Balaban J connectivity index is 1.65. The number of aryl methyl sites for hydroxylation is 1. The van der Waals surface area contributed by atoms with Gasteiger partial charge in [-0.2, -0.15) is 0 Å². The summed E-state index contributed by atoms with van der Waals surface area (Å²) in [6.07, 6.45) is 3.34. The van der Waals surface area contributed by atoms with Gasteiger partial charge in [0.2, 0.25) is 5.91 Å². The van der Waals surface area contributed by atoms with E-state index in [1.807, 2.05) is 32.0 Å². The standard InChI is InChI=1S/C18H27NO3S/c1-15(2)14-23(21,22)17-12-19(13-17)18(20)11-7-6-10-16-8-4-3-5-9-16/h3-5,8-9,15,17H,6-7,10-14H2,1-2H3. The summed E-state index contributed by atoms with van der Waals surface area (Å²) in [5.74, 6) is 0.452. The summed E-state index contributed by atoms with van der Waals surface area (Å²) in [5, 5.41) is -0.349. The minimum absolute atomic E-state index is 0.0917. The molecular weight excluding hydrogens is 310 g/mol. The van der Waals surface area contributed by atoms with Crippen molar-refractivity contribution in [3.05, 3.63) is 35.9 Å². The van der Waals surface area contributed by atoms with Gasteiger partial charge < -0.3 is 4.90 Å². The SMILES string of the molecule is CC(C)CS(=O)(=O)C1CN(C(=O)CCCCc2ccccc2)C1. The molecule has 128 valence electrons. The Hall–Kier alpha value is -1.36. The normalized spacial score (nSPS) is 15.7. The second-order valence-corrected chi connectivity index (χ2v) is 9.16. The number of sulfone groups is 1. The number of benzene rings is 1. The van der Waals surface area contributed by atoms with Crippen molar-refractivity contribution in [3.63, 3.8) is 0 Å². The maximum Gasteiger partial charge on any atom is 0.222 e. The topological polar surface area (TPSA) is 54.5 Å². The van der Waals surface area contributed by atoms with Crippen LogP contribution in [-0.4, -0.2) is 43.3 Å². The Labute approximate surface area is 139 Å².